The fourth-order valence-corrected chi connectivity index (χ4v) is 3.47. The number of fused-ring (bicyclic) bond motifs is 1. The molecule has 0 amide bonds. The SMILES string of the molecule is CCn1c(SCc2ccc(OC(F)F)cc2)nc2ccccc2c1=O. The van der Waals surface area contributed by atoms with Crippen molar-refractivity contribution in [3.8, 4) is 5.75 Å². The summed E-state index contributed by atoms with van der Waals surface area (Å²) in [6.07, 6.45) is 0. The van der Waals surface area contributed by atoms with Crippen molar-refractivity contribution in [1.29, 1.82) is 0 Å². The van der Waals surface area contributed by atoms with Gasteiger partial charge in [-0.1, -0.05) is 36.0 Å². The summed E-state index contributed by atoms with van der Waals surface area (Å²) in [5.41, 5.74) is 1.54. The molecular weight excluding hydrogens is 346 g/mol. The molecular formula is C18H16F2N2O2S. The molecule has 1 heterocycles. The number of aromatic nitrogens is 2. The van der Waals surface area contributed by atoms with Crippen LogP contribution in [0, 0.1) is 0 Å². The van der Waals surface area contributed by atoms with Crippen molar-refractivity contribution in [2.24, 2.45) is 0 Å². The molecule has 0 bridgehead atoms. The topological polar surface area (TPSA) is 44.1 Å². The first-order valence-electron chi connectivity index (χ1n) is 7.74. The molecule has 0 atom stereocenters. The maximum absolute atomic E-state index is 12.6. The van der Waals surface area contributed by atoms with E-state index in [1.165, 1.54) is 23.9 Å². The molecule has 2 aromatic carbocycles. The van der Waals surface area contributed by atoms with Gasteiger partial charge in [-0.2, -0.15) is 8.78 Å². The molecule has 0 aliphatic rings. The van der Waals surface area contributed by atoms with Crippen LogP contribution in [0.5, 0.6) is 5.75 Å². The Balaban J connectivity index is 1.82. The number of hydrogen-bond donors (Lipinski definition) is 0. The van der Waals surface area contributed by atoms with E-state index in [1.54, 1.807) is 22.8 Å². The predicted octanol–water partition coefficient (Wildman–Crippen LogP) is 4.31. The molecule has 1 aromatic heterocycles. The number of thioether (sulfide) groups is 1. The van der Waals surface area contributed by atoms with Crippen LogP contribution < -0.4 is 10.3 Å². The van der Waals surface area contributed by atoms with Gasteiger partial charge in [-0.15, -0.1) is 0 Å². The van der Waals surface area contributed by atoms with Gasteiger partial charge >= 0.3 is 6.61 Å². The highest BCUT2D eigenvalue weighted by Gasteiger charge is 2.10. The summed E-state index contributed by atoms with van der Waals surface area (Å²) in [5.74, 6) is 0.692. The van der Waals surface area contributed by atoms with Crippen LogP contribution in [0.25, 0.3) is 10.9 Å². The highest BCUT2D eigenvalue weighted by Crippen LogP contribution is 2.24. The smallest absolute Gasteiger partial charge is 0.387 e. The minimum atomic E-state index is -2.83. The second-order valence-electron chi connectivity index (χ2n) is 5.27. The minimum Gasteiger partial charge on any atom is -0.435 e. The Bertz CT molecular complexity index is 927. The van der Waals surface area contributed by atoms with Crippen LogP contribution in [-0.2, 0) is 12.3 Å². The molecule has 0 aliphatic carbocycles. The van der Waals surface area contributed by atoms with Gasteiger partial charge in [0.25, 0.3) is 5.56 Å². The van der Waals surface area contributed by atoms with Crippen molar-refractivity contribution in [2.75, 3.05) is 0 Å². The number of ether oxygens (including phenoxy) is 1. The number of para-hydroxylation sites is 1. The quantitative estimate of drug-likeness (QED) is 0.484. The van der Waals surface area contributed by atoms with Crippen LogP contribution >= 0.6 is 11.8 Å². The average Bonchev–Trinajstić information content (AvgIpc) is 2.61. The lowest BCUT2D eigenvalue weighted by Gasteiger charge is -2.11. The van der Waals surface area contributed by atoms with E-state index in [4.69, 9.17) is 0 Å². The molecule has 0 radical (unpaired) electrons. The van der Waals surface area contributed by atoms with Gasteiger partial charge in [-0.05, 0) is 36.8 Å². The Morgan fingerprint density at radius 1 is 1.16 bits per heavy atom. The molecule has 0 unspecified atom stereocenters. The summed E-state index contributed by atoms with van der Waals surface area (Å²) in [6, 6.07) is 13.7. The molecule has 25 heavy (non-hydrogen) atoms. The lowest BCUT2D eigenvalue weighted by molar-refractivity contribution is -0.0498. The predicted molar refractivity (Wildman–Crippen MR) is 94.3 cm³/mol. The Labute approximate surface area is 147 Å². The van der Waals surface area contributed by atoms with Gasteiger partial charge in [0, 0.05) is 12.3 Å². The Hall–Kier alpha value is -2.41. The molecule has 0 fully saturated rings. The minimum absolute atomic E-state index is 0.0590. The van der Waals surface area contributed by atoms with Crippen LogP contribution in [0.3, 0.4) is 0 Å². The second kappa shape index (κ2) is 7.65. The standard InChI is InChI=1S/C18H16F2N2O2S/c1-2-22-16(23)14-5-3-4-6-15(14)21-18(22)25-11-12-7-9-13(10-8-12)24-17(19)20/h3-10,17H,2,11H2,1H3. The Kier molecular flexibility index (Phi) is 5.33. The summed E-state index contributed by atoms with van der Waals surface area (Å²) >= 11 is 1.44. The van der Waals surface area contributed by atoms with Crippen molar-refractivity contribution in [2.45, 2.75) is 31.0 Å². The summed E-state index contributed by atoms with van der Waals surface area (Å²) in [7, 11) is 0. The van der Waals surface area contributed by atoms with E-state index >= 15 is 0 Å². The molecule has 130 valence electrons. The van der Waals surface area contributed by atoms with Gasteiger partial charge in [0.2, 0.25) is 0 Å². The molecule has 4 nitrogen and oxygen atoms in total. The fourth-order valence-electron chi connectivity index (χ4n) is 2.45. The Morgan fingerprint density at radius 2 is 1.88 bits per heavy atom. The van der Waals surface area contributed by atoms with Crippen molar-refractivity contribution in [3.63, 3.8) is 0 Å². The monoisotopic (exact) mass is 362 g/mol. The van der Waals surface area contributed by atoms with E-state index in [9.17, 15) is 13.6 Å². The molecule has 0 saturated heterocycles. The average molecular weight is 362 g/mol. The number of halogens is 2. The third-order valence-electron chi connectivity index (χ3n) is 3.66. The third-order valence-corrected chi connectivity index (χ3v) is 4.71. The van der Waals surface area contributed by atoms with Gasteiger partial charge in [-0.3, -0.25) is 9.36 Å². The second-order valence-corrected chi connectivity index (χ2v) is 6.21. The lowest BCUT2D eigenvalue weighted by Crippen LogP contribution is -2.22. The summed E-state index contributed by atoms with van der Waals surface area (Å²) < 4.78 is 30.3. The van der Waals surface area contributed by atoms with E-state index in [-0.39, 0.29) is 11.3 Å². The number of benzene rings is 2. The maximum Gasteiger partial charge on any atom is 0.387 e. The van der Waals surface area contributed by atoms with Gasteiger partial charge < -0.3 is 4.74 Å². The summed E-state index contributed by atoms with van der Waals surface area (Å²) in [6.45, 7) is -0.403. The number of nitrogens with zero attached hydrogens (tertiary/aromatic N) is 2. The zero-order valence-corrected chi connectivity index (χ0v) is 14.3. The molecule has 7 heteroatoms. The van der Waals surface area contributed by atoms with Crippen LogP contribution in [0.4, 0.5) is 8.78 Å². The van der Waals surface area contributed by atoms with Crippen molar-refractivity contribution in [3.05, 3.63) is 64.4 Å². The van der Waals surface area contributed by atoms with Crippen molar-refractivity contribution < 1.29 is 13.5 Å². The van der Waals surface area contributed by atoms with E-state index in [2.05, 4.69) is 9.72 Å². The van der Waals surface area contributed by atoms with Crippen LogP contribution in [0.1, 0.15) is 12.5 Å². The molecule has 3 aromatic rings. The van der Waals surface area contributed by atoms with Gasteiger partial charge in [0.05, 0.1) is 10.9 Å². The zero-order chi connectivity index (χ0) is 17.8. The summed E-state index contributed by atoms with van der Waals surface area (Å²) in [4.78, 5) is 17.1. The fraction of sp³-hybridized carbons (Fsp3) is 0.222. The first-order valence-corrected chi connectivity index (χ1v) is 8.73. The maximum atomic E-state index is 12.6. The van der Waals surface area contributed by atoms with Crippen molar-refractivity contribution in [1.82, 2.24) is 9.55 Å². The van der Waals surface area contributed by atoms with Crippen LogP contribution in [0.2, 0.25) is 0 Å². The zero-order valence-electron chi connectivity index (χ0n) is 13.5. The molecule has 0 aliphatic heterocycles. The lowest BCUT2D eigenvalue weighted by atomic mass is 10.2. The van der Waals surface area contributed by atoms with Gasteiger partial charge in [0.15, 0.2) is 5.16 Å². The first kappa shape index (κ1) is 17.4. The summed E-state index contributed by atoms with van der Waals surface area (Å²) in [5, 5.41) is 1.24. The van der Waals surface area contributed by atoms with E-state index in [0.29, 0.717) is 28.4 Å². The number of rotatable bonds is 6. The van der Waals surface area contributed by atoms with Crippen molar-refractivity contribution >= 4 is 22.7 Å². The van der Waals surface area contributed by atoms with Gasteiger partial charge in [0.1, 0.15) is 5.75 Å². The van der Waals surface area contributed by atoms with Crippen LogP contribution in [0.15, 0.2) is 58.5 Å². The molecule has 3 rings (SSSR count). The normalized spacial score (nSPS) is 11.2. The Morgan fingerprint density at radius 3 is 2.56 bits per heavy atom. The number of hydrogen-bond acceptors (Lipinski definition) is 4. The van der Waals surface area contributed by atoms with Crippen LogP contribution in [-0.4, -0.2) is 16.2 Å². The highest BCUT2D eigenvalue weighted by molar-refractivity contribution is 7.98. The van der Waals surface area contributed by atoms with Gasteiger partial charge in [-0.25, -0.2) is 4.98 Å². The van der Waals surface area contributed by atoms with E-state index in [1.807, 2.05) is 25.1 Å². The van der Waals surface area contributed by atoms with E-state index < -0.39 is 6.61 Å². The highest BCUT2D eigenvalue weighted by atomic mass is 32.2. The number of alkyl halides is 2. The molecule has 0 saturated carbocycles. The third kappa shape index (κ3) is 3.99. The molecule has 0 spiro atoms. The largest absolute Gasteiger partial charge is 0.435 e. The molecule has 0 N–H and O–H groups in total. The first-order chi connectivity index (χ1) is 12.1. The van der Waals surface area contributed by atoms with E-state index in [0.717, 1.165) is 5.56 Å².